The number of carbonyl (C=O) groups is 1. The van der Waals surface area contributed by atoms with Gasteiger partial charge >= 0.3 is 0 Å². The largest absolute Gasteiger partial charge is 0.494 e. The fourth-order valence-corrected chi connectivity index (χ4v) is 3.41. The predicted octanol–water partition coefficient (Wildman–Crippen LogP) is 3.42. The van der Waals surface area contributed by atoms with Crippen LogP contribution in [0.4, 0.5) is 5.69 Å². The summed E-state index contributed by atoms with van der Waals surface area (Å²) in [4.78, 5) is 12.4. The zero-order valence-electron chi connectivity index (χ0n) is 15.0. The Bertz CT molecular complexity index is 833. The number of carbonyl (C=O) groups excluding carboxylic acids is 1. The molecule has 0 bridgehead atoms. The van der Waals surface area contributed by atoms with E-state index in [2.05, 4.69) is 10.0 Å². The van der Waals surface area contributed by atoms with Crippen molar-refractivity contribution in [2.24, 2.45) is 0 Å². The van der Waals surface area contributed by atoms with E-state index in [4.69, 9.17) is 4.74 Å². The molecule has 0 unspecified atom stereocenters. The molecule has 0 radical (unpaired) electrons. The average molecular weight is 376 g/mol. The fourth-order valence-electron chi connectivity index (χ4n) is 2.33. The molecule has 6 nitrogen and oxygen atoms in total. The summed E-state index contributed by atoms with van der Waals surface area (Å²) in [6.45, 7) is 4.94. The zero-order valence-corrected chi connectivity index (χ0v) is 15.8. The normalized spacial score (nSPS) is 11.0. The quantitative estimate of drug-likeness (QED) is 0.657. The van der Waals surface area contributed by atoms with Gasteiger partial charge in [0.25, 0.3) is 15.9 Å². The summed E-state index contributed by atoms with van der Waals surface area (Å²) in [5, 5.41) is 2.80. The molecule has 0 saturated heterocycles. The van der Waals surface area contributed by atoms with Crippen molar-refractivity contribution in [1.82, 2.24) is 5.32 Å². The first-order valence-corrected chi connectivity index (χ1v) is 10.1. The number of hydrogen-bond donors (Lipinski definition) is 2. The molecule has 7 heteroatoms. The van der Waals surface area contributed by atoms with Gasteiger partial charge in [0.2, 0.25) is 0 Å². The molecule has 0 atom stereocenters. The van der Waals surface area contributed by atoms with Gasteiger partial charge in [0.05, 0.1) is 22.8 Å². The Morgan fingerprint density at radius 2 is 1.73 bits per heavy atom. The number of benzene rings is 2. The number of sulfonamides is 1. The number of para-hydroxylation sites is 1. The lowest BCUT2D eigenvalue weighted by atomic mass is 10.1. The Balaban J connectivity index is 2.20. The van der Waals surface area contributed by atoms with Gasteiger partial charge in [0, 0.05) is 6.54 Å². The Labute approximate surface area is 154 Å². The zero-order chi connectivity index (χ0) is 19.0. The van der Waals surface area contributed by atoms with E-state index in [0.717, 1.165) is 12.8 Å². The van der Waals surface area contributed by atoms with Gasteiger partial charge in [0.15, 0.2) is 0 Å². The SMILES string of the molecule is CCCCNC(=O)c1ccccc1NS(=O)(=O)c1ccc(OCC)cc1. The van der Waals surface area contributed by atoms with Crippen LogP contribution < -0.4 is 14.8 Å². The minimum Gasteiger partial charge on any atom is -0.494 e. The number of unbranched alkanes of at least 4 members (excludes halogenated alkanes) is 1. The predicted molar refractivity (Wildman–Crippen MR) is 102 cm³/mol. The maximum absolute atomic E-state index is 12.6. The Hall–Kier alpha value is -2.54. The third kappa shape index (κ3) is 5.23. The van der Waals surface area contributed by atoms with Crippen LogP contribution in [0.3, 0.4) is 0 Å². The van der Waals surface area contributed by atoms with Crippen molar-refractivity contribution in [3.63, 3.8) is 0 Å². The molecule has 1 amide bonds. The van der Waals surface area contributed by atoms with E-state index in [9.17, 15) is 13.2 Å². The lowest BCUT2D eigenvalue weighted by Gasteiger charge is -2.13. The first-order chi connectivity index (χ1) is 12.5. The molecule has 26 heavy (non-hydrogen) atoms. The van der Waals surface area contributed by atoms with Gasteiger partial charge in [-0.05, 0) is 49.7 Å². The summed E-state index contributed by atoms with van der Waals surface area (Å²) in [5.41, 5.74) is 0.536. The van der Waals surface area contributed by atoms with Gasteiger partial charge in [0.1, 0.15) is 5.75 Å². The summed E-state index contributed by atoms with van der Waals surface area (Å²) in [6, 6.07) is 12.7. The van der Waals surface area contributed by atoms with Gasteiger partial charge in [-0.1, -0.05) is 25.5 Å². The lowest BCUT2D eigenvalue weighted by molar-refractivity contribution is 0.0954. The van der Waals surface area contributed by atoms with Crippen LogP contribution in [-0.4, -0.2) is 27.5 Å². The van der Waals surface area contributed by atoms with Crippen LogP contribution in [0.1, 0.15) is 37.0 Å². The molecule has 0 fully saturated rings. The molecule has 2 aromatic carbocycles. The Morgan fingerprint density at radius 1 is 1.04 bits per heavy atom. The third-order valence-electron chi connectivity index (χ3n) is 3.68. The van der Waals surface area contributed by atoms with Crippen LogP contribution >= 0.6 is 0 Å². The summed E-state index contributed by atoms with van der Waals surface area (Å²) in [7, 11) is -3.81. The summed E-state index contributed by atoms with van der Waals surface area (Å²) < 4.78 is 33.1. The van der Waals surface area contributed by atoms with Crippen molar-refractivity contribution in [2.45, 2.75) is 31.6 Å². The Kier molecular flexibility index (Phi) is 7.03. The van der Waals surface area contributed by atoms with E-state index in [1.165, 1.54) is 12.1 Å². The Morgan fingerprint density at radius 3 is 2.38 bits per heavy atom. The number of rotatable bonds is 9. The number of anilines is 1. The monoisotopic (exact) mass is 376 g/mol. The molecule has 0 aliphatic carbocycles. The van der Waals surface area contributed by atoms with Crippen LogP contribution in [0.15, 0.2) is 53.4 Å². The summed E-state index contributed by atoms with van der Waals surface area (Å²) >= 11 is 0. The van der Waals surface area contributed by atoms with Gasteiger partial charge < -0.3 is 10.1 Å². The molecule has 2 aromatic rings. The van der Waals surface area contributed by atoms with Crippen molar-refractivity contribution in [1.29, 1.82) is 0 Å². The highest BCUT2D eigenvalue weighted by Gasteiger charge is 2.18. The molecule has 0 heterocycles. The van der Waals surface area contributed by atoms with E-state index < -0.39 is 10.0 Å². The maximum Gasteiger partial charge on any atom is 0.261 e. The molecule has 0 aromatic heterocycles. The highest BCUT2D eigenvalue weighted by atomic mass is 32.2. The van der Waals surface area contributed by atoms with E-state index in [-0.39, 0.29) is 22.1 Å². The molecule has 140 valence electrons. The van der Waals surface area contributed by atoms with Crippen LogP contribution in [0, 0.1) is 0 Å². The number of nitrogens with one attached hydrogen (secondary N) is 2. The smallest absolute Gasteiger partial charge is 0.261 e. The molecular weight excluding hydrogens is 352 g/mol. The third-order valence-corrected chi connectivity index (χ3v) is 5.06. The van der Waals surface area contributed by atoms with Gasteiger partial charge in [-0.25, -0.2) is 8.42 Å². The molecule has 2 N–H and O–H groups in total. The minimum atomic E-state index is -3.81. The molecule has 0 spiro atoms. The standard InChI is InChI=1S/C19H24N2O4S/c1-3-5-14-20-19(22)17-8-6-7-9-18(17)21-26(23,24)16-12-10-15(11-13-16)25-4-2/h6-13,21H,3-5,14H2,1-2H3,(H,20,22). The van der Waals surface area contributed by atoms with Crippen LogP contribution in [0.25, 0.3) is 0 Å². The lowest BCUT2D eigenvalue weighted by Crippen LogP contribution is -2.26. The topological polar surface area (TPSA) is 84.5 Å². The molecular formula is C19H24N2O4S. The van der Waals surface area contributed by atoms with Crippen LogP contribution in [-0.2, 0) is 10.0 Å². The van der Waals surface area contributed by atoms with Gasteiger partial charge in [-0.15, -0.1) is 0 Å². The fraction of sp³-hybridized carbons (Fsp3) is 0.316. The summed E-state index contributed by atoms with van der Waals surface area (Å²) in [6.07, 6.45) is 1.83. The van der Waals surface area contributed by atoms with Gasteiger partial charge in [-0.3, -0.25) is 9.52 Å². The van der Waals surface area contributed by atoms with Crippen LogP contribution in [0.2, 0.25) is 0 Å². The number of hydrogen-bond acceptors (Lipinski definition) is 4. The van der Waals surface area contributed by atoms with Crippen molar-refractivity contribution >= 4 is 21.6 Å². The van der Waals surface area contributed by atoms with Crippen molar-refractivity contribution in [3.8, 4) is 5.75 Å². The highest BCUT2D eigenvalue weighted by Crippen LogP contribution is 2.22. The second-order valence-corrected chi connectivity index (χ2v) is 7.35. The highest BCUT2D eigenvalue weighted by molar-refractivity contribution is 7.92. The van der Waals surface area contributed by atoms with Crippen LogP contribution in [0.5, 0.6) is 5.75 Å². The average Bonchev–Trinajstić information content (AvgIpc) is 2.63. The van der Waals surface area contributed by atoms with Crippen molar-refractivity contribution in [3.05, 3.63) is 54.1 Å². The van der Waals surface area contributed by atoms with E-state index in [1.54, 1.807) is 36.4 Å². The second kappa shape index (κ2) is 9.24. The number of ether oxygens (including phenoxy) is 1. The minimum absolute atomic E-state index is 0.0992. The van der Waals surface area contributed by atoms with E-state index in [1.807, 2.05) is 13.8 Å². The molecule has 0 aliphatic heterocycles. The molecule has 2 rings (SSSR count). The second-order valence-electron chi connectivity index (χ2n) is 5.66. The van der Waals surface area contributed by atoms with Crippen molar-refractivity contribution in [2.75, 3.05) is 17.9 Å². The molecule has 0 saturated carbocycles. The molecule has 0 aliphatic rings. The maximum atomic E-state index is 12.6. The summed E-state index contributed by atoms with van der Waals surface area (Å²) in [5.74, 6) is 0.297. The van der Waals surface area contributed by atoms with Gasteiger partial charge in [-0.2, -0.15) is 0 Å². The first kappa shape index (κ1) is 19.8. The first-order valence-electron chi connectivity index (χ1n) is 8.60. The van der Waals surface area contributed by atoms with E-state index >= 15 is 0 Å². The van der Waals surface area contributed by atoms with Crippen molar-refractivity contribution < 1.29 is 17.9 Å². The van der Waals surface area contributed by atoms with E-state index in [0.29, 0.717) is 18.9 Å². The number of amides is 1.